The van der Waals surface area contributed by atoms with Gasteiger partial charge in [0, 0.05) is 18.2 Å². The van der Waals surface area contributed by atoms with Gasteiger partial charge in [-0.05, 0) is 24.6 Å². The number of rotatable bonds is 5. The smallest absolute Gasteiger partial charge is 0.270 e. The molecule has 0 saturated carbocycles. The van der Waals surface area contributed by atoms with Crippen molar-refractivity contribution in [3.05, 3.63) is 58.1 Å². The molecule has 116 valence electrons. The van der Waals surface area contributed by atoms with E-state index < -0.39 is 14.9 Å². The number of non-ortho nitro benzene ring substituents is 1. The lowest BCUT2D eigenvalue weighted by Crippen LogP contribution is -2.14. The molecule has 8 heteroatoms. The molecular formula is C14H14N2O5S. The Balaban J connectivity index is 2.40. The fourth-order valence-corrected chi connectivity index (χ4v) is 2.97. The Bertz CT molecular complexity index is 818. The van der Waals surface area contributed by atoms with E-state index in [0.29, 0.717) is 17.0 Å². The molecule has 0 aliphatic heterocycles. The van der Waals surface area contributed by atoms with Crippen molar-refractivity contribution in [2.75, 3.05) is 11.8 Å². The standard InChI is InChI=1S/C14H14N2O5S/c1-10-6-7-12(21-2)9-14(10)15-22(19,20)13-5-3-4-11(8-13)16(17)18/h3-9,15H,1-2H3. The maximum atomic E-state index is 12.4. The minimum atomic E-state index is -3.93. The van der Waals surface area contributed by atoms with Crippen LogP contribution in [0.2, 0.25) is 0 Å². The van der Waals surface area contributed by atoms with Crippen LogP contribution in [0.5, 0.6) is 5.75 Å². The third-order valence-corrected chi connectivity index (χ3v) is 4.39. The number of sulfonamides is 1. The molecule has 2 aromatic rings. The maximum Gasteiger partial charge on any atom is 0.270 e. The third kappa shape index (κ3) is 3.34. The van der Waals surface area contributed by atoms with E-state index in [2.05, 4.69) is 4.72 Å². The molecule has 0 fully saturated rings. The van der Waals surface area contributed by atoms with E-state index in [1.54, 1.807) is 25.1 Å². The van der Waals surface area contributed by atoms with Gasteiger partial charge in [0.25, 0.3) is 15.7 Å². The van der Waals surface area contributed by atoms with Gasteiger partial charge in [-0.3, -0.25) is 14.8 Å². The van der Waals surface area contributed by atoms with Gasteiger partial charge in [-0.1, -0.05) is 12.1 Å². The molecule has 0 bridgehead atoms. The quantitative estimate of drug-likeness (QED) is 0.674. The largest absolute Gasteiger partial charge is 0.497 e. The fourth-order valence-electron chi connectivity index (χ4n) is 1.81. The monoisotopic (exact) mass is 322 g/mol. The van der Waals surface area contributed by atoms with Crippen molar-refractivity contribution in [3.63, 3.8) is 0 Å². The van der Waals surface area contributed by atoms with E-state index in [1.807, 2.05) is 0 Å². The summed E-state index contributed by atoms with van der Waals surface area (Å²) < 4.78 is 32.2. The molecule has 0 amide bonds. The number of ether oxygens (including phenoxy) is 1. The van der Waals surface area contributed by atoms with Crippen LogP contribution < -0.4 is 9.46 Å². The average Bonchev–Trinajstić information content (AvgIpc) is 2.49. The van der Waals surface area contributed by atoms with Crippen LogP contribution in [0.4, 0.5) is 11.4 Å². The minimum absolute atomic E-state index is 0.177. The fraction of sp³-hybridized carbons (Fsp3) is 0.143. The van der Waals surface area contributed by atoms with Crippen LogP contribution in [0.3, 0.4) is 0 Å². The highest BCUT2D eigenvalue weighted by Crippen LogP contribution is 2.25. The Morgan fingerprint density at radius 3 is 2.55 bits per heavy atom. The summed E-state index contributed by atoms with van der Waals surface area (Å²) in [6.45, 7) is 1.74. The second-order valence-corrected chi connectivity index (χ2v) is 6.22. The highest BCUT2D eigenvalue weighted by atomic mass is 32.2. The molecule has 7 nitrogen and oxygen atoms in total. The Morgan fingerprint density at radius 1 is 1.18 bits per heavy atom. The van der Waals surface area contributed by atoms with Gasteiger partial charge in [-0.25, -0.2) is 8.42 Å². The summed E-state index contributed by atoms with van der Waals surface area (Å²) in [5.41, 5.74) is 0.769. The zero-order valence-corrected chi connectivity index (χ0v) is 12.8. The van der Waals surface area contributed by atoms with Gasteiger partial charge < -0.3 is 4.74 Å². The molecule has 0 aliphatic carbocycles. The van der Waals surface area contributed by atoms with E-state index in [4.69, 9.17) is 4.74 Å². The SMILES string of the molecule is COc1ccc(C)c(NS(=O)(=O)c2cccc([N+](=O)[O-])c2)c1. The number of methoxy groups -OCH3 is 1. The summed E-state index contributed by atoms with van der Waals surface area (Å²) in [4.78, 5) is 9.93. The second-order valence-electron chi connectivity index (χ2n) is 4.54. The van der Waals surface area contributed by atoms with Crippen LogP contribution in [0.15, 0.2) is 47.4 Å². The average molecular weight is 322 g/mol. The van der Waals surface area contributed by atoms with Crippen LogP contribution >= 0.6 is 0 Å². The summed E-state index contributed by atoms with van der Waals surface area (Å²) in [6.07, 6.45) is 0. The van der Waals surface area contributed by atoms with Crippen molar-refractivity contribution in [1.82, 2.24) is 0 Å². The minimum Gasteiger partial charge on any atom is -0.497 e. The molecular weight excluding hydrogens is 308 g/mol. The summed E-state index contributed by atoms with van der Waals surface area (Å²) in [6, 6.07) is 9.83. The number of benzene rings is 2. The number of aryl methyl sites for hydroxylation is 1. The molecule has 0 heterocycles. The number of hydrogen-bond donors (Lipinski definition) is 1. The topological polar surface area (TPSA) is 98.5 Å². The maximum absolute atomic E-state index is 12.4. The van der Waals surface area contributed by atoms with Gasteiger partial charge in [0.15, 0.2) is 0 Å². The summed E-state index contributed by atoms with van der Waals surface area (Å²) in [7, 11) is -2.45. The van der Waals surface area contributed by atoms with E-state index >= 15 is 0 Å². The molecule has 1 N–H and O–H groups in total. The third-order valence-electron chi connectivity index (χ3n) is 3.03. The van der Waals surface area contributed by atoms with Crippen LogP contribution in [-0.2, 0) is 10.0 Å². The number of anilines is 1. The van der Waals surface area contributed by atoms with Gasteiger partial charge in [0.2, 0.25) is 0 Å². The lowest BCUT2D eigenvalue weighted by atomic mass is 10.2. The van der Waals surface area contributed by atoms with Gasteiger partial charge in [0.05, 0.1) is 22.6 Å². The first-order valence-corrected chi connectivity index (χ1v) is 7.74. The molecule has 2 rings (SSSR count). The molecule has 2 aromatic carbocycles. The van der Waals surface area contributed by atoms with Crippen molar-refractivity contribution in [1.29, 1.82) is 0 Å². The van der Waals surface area contributed by atoms with Crippen LogP contribution in [0.25, 0.3) is 0 Å². The predicted molar refractivity (Wildman–Crippen MR) is 81.6 cm³/mol. The highest BCUT2D eigenvalue weighted by molar-refractivity contribution is 7.92. The first-order valence-electron chi connectivity index (χ1n) is 6.25. The van der Waals surface area contributed by atoms with Crippen molar-refractivity contribution in [2.24, 2.45) is 0 Å². The first-order chi connectivity index (χ1) is 10.3. The molecule has 0 spiro atoms. The zero-order valence-electron chi connectivity index (χ0n) is 11.9. The molecule has 0 unspecified atom stereocenters. The van der Waals surface area contributed by atoms with Gasteiger partial charge in [-0.15, -0.1) is 0 Å². The number of nitrogens with one attached hydrogen (secondary N) is 1. The zero-order chi connectivity index (χ0) is 16.3. The molecule has 0 aromatic heterocycles. The Kier molecular flexibility index (Phi) is 4.32. The molecule has 0 atom stereocenters. The van der Waals surface area contributed by atoms with Gasteiger partial charge in [0.1, 0.15) is 5.75 Å². The van der Waals surface area contributed by atoms with E-state index in [-0.39, 0.29) is 10.6 Å². The summed E-state index contributed by atoms with van der Waals surface area (Å²) >= 11 is 0. The van der Waals surface area contributed by atoms with Crippen molar-refractivity contribution < 1.29 is 18.1 Å². The Labute approximate surface area is 127 Å². The van der Waals surface area contributed by atoms with Gasteiger partial charge in [-0.2, -0.15) is 0 Å². The molecule has 0 aliphatic rings. The summed E-state index contributed by atoms with van der Waals surface area (Å²) in [5.74, 6) is 0.502. The number of nitrogens with zero attached hydrogens (tertiary/aromatic N) is 1. The van der Waals surface area contributed by atoms with Crippen molar-refractivity contribution in [2.45, 2.75) is 11.8 Å². The normalized spacial score (nSPS) is 11.0. The predicted octanol–water partition coefficient (Wildman–Crippen LogP) is 2.71. The number of nitro groups is 1. The Hall–Kier alpha value is -2.61. The van der Waals surface area contributed by atoms with Crippen LogP contribution in [0.1, 0.15) is 5.56 Å². The van der Waals surface area contributed by atoms with E-state index in [1.165, 1.54) is 25.3 Å². The van der Waals surface area contributed by atoms with Crippen molar-refractivity contribution >= 4 is 21.4 Å². The van der Waals surface area contributed by atoms with Crippen LogP contribution in [-0.4, -0.2) is 20.5 Å². The first kappa shape index (κ1) is 15.8. The van der Waals surface area contributed by atoms with E-state index in [0.717, 1.165) is 6.07 Å². The number of nitro benzene ring substituents is 1. The van der Waals surface area contributed by atoms with E-state index in [9.17, 15) is 18.5 Å². The highest BCUT2D eigenvalue weighted by Gasteiger charge is 2.18. The lowest BCUT2D eigenvalue weighted by Gasteiger charge is -2.12. The Morgan fingerprint density at radius 2 is 1.91 bits per heavy atom. The molecule has 0 radical (unpaired) electrons. The molecule has 22 heavy (non-hydrogen) atoms. The van der Waals surface area contributed by atoms with Crippen molar-refractivity contribution in [3.8, 4) is 5.75 Å². The van der Waals surface area contributed by atoms with Gasteiger partial charge >= 0.3 is 0 Å². The molecule has 0 saturated heterocycles. The second kappa shape index (κ2) is 6.02. The summed E-state index contributed by atoms with van der Waals surface area (Å²) in [5, 5.41) is 10.7. The lowest BCUT2D eigenvalue weighted by molar-refractivity contribution is -0.385. The van der Waals surface area contributed by atoms with Crippen LogP contribution in [0, 0.1) is 17.0 Å². The number of hydrogen-bond acceptors (Lipinski definition) is 5.